The van der Waals surface area contributed by atoms with E-state index < -0.39 is 17.9 Å². The van der Waals surface area contributed by atoms with Crippen molar-refractivity contribution >= 4 is 34.8 Å². The zero-order valence-corrected chi connectivity index (χ0v) is 13.7. The third-order valence-electron chi connectivity index (χ3n) is 4.19. The van der Waals surface area contributed by atoms with Crippen LogP contribution in [-0.2, 0) is 21.5 Å². The van der Waals surface area contributed by atoms with E-state index in [1.165, 1.54) is 0 Å². The highest BCUT2D eigenvalue weighted by Crippen LogP contribution is 2.35. The molecule has 0 saturated carbocycles. The molecule has 2 aliphatic rings. The van der Waals surface area contributed by atoms with Crippen LogP contribution in [0.3, 0.4) is 0 Å². The molecule has 4 rings (SSSR count). The highest BCUT2D eigenvalue weighted by molar-refractivity contribution is 6.33. The number of aromatic nitrogens is 2. The fourth-order valence-electron chi connectivity index (χ4n) is 3.10. The molecule has 8 heteroatoms. The molecule has 122 valence electrons. The Hall–Kier alpha value is -2.67. The molecule has 0 aliphatic carbocycles. The van der Waals surface area contributed by atoms with Crippen LogP contribution in [0.2, 0.25) is 5.02 Å². The number of aryl methyl sites for hydroxylation is 2. The van der Waals surface area contributed by atoms with Crippen LogP contribution < -0.4 is 4.90 Å². The lowest BCUT2D eigenvalue weighted by Crippen LogP contribution is -2.33. The standard InChI is InChI=1S/C16H13ClN4O3/c1-8-11(7-20(2)18-8)13-12-14(24-19-13)16(23)21(15(12)22)10-5-3-9(17)4-6-10/h3-7,12,14H,1-2H3/t12-,14+/m0/s1. The first kappa shape index (κ1) is 14.9. The number of fused-ring (bicyclic) bond motifs is 1. The Morgan fingerprint density at radius 2 is 1.88 bits per heavy atom. The van der Waals surface area contributed by atoms with Crippen LogP contribution in [-0.4, -0.2) is 33.4 Å². The number of hydrogen-bond donors (Lipinski definition) is 0. The number of anilines is 1. The van der Waals surface area contributed by atoms with Gasteiger partial charge in [0.1, 0.15) is 11.6 Å². The molecule has 0 radical (unpaired) electrons. The number of oxime groups is 1. The van der Waals surface area contributed by atoms with Crippen molar-refractivity contribution in [1.82, 2.24) is 9.78 Å². The first-order valence-electron chi connectivity index (χ1n) is 7.35. The first-order valence-corrected chi connectivity index (χ1v) is 7.73. The molecule has 1 aromatic carbocycles. The molecule has 2 atom stereocenters. The lowest BCUT2D eigenvalue weighted by Gasteiger charge is -2.15. The topological polar surface area (TPSA) is 76.8 Å². The van der Waals surface area contributed by atoms with Gasteiger partial charge in [-0.15, -0.1) is 0 Å². The number of carbonyl (C=O) groups excluding carboxylic acids is 2. The molecule has 1 fully saturated rings. The lowest BCUT2D eigenvalue weighted by molar-refractivity contribution is -0.126. The summed E-state index contributed by atoms with van der Waals surface area (Å²) in [6.45, 7) is 1.82. The third kappa shape index (κ3) is 2.05. The number of carbonyl (C=O) groups is 2. The molecule has 24 heavy (non-hydrogen) atoms. The number of hydrogen-bond acceptors (Lipinski definition) is 5. The van der Waals surface area contributed by atoms with Gasteiger partial charge in [0.25, 0.3) is 5.91 Å². The number of nitrogens with zero attached hydrogens (tertiary/aromatic N) is 4. The summed E-state index contributed by atoms with van der Waals surface area (Å²) in [5.74, 6) is -1.53. The highest BCUT2D eigenvalue weighted by atomic mass is 35.5. The van der Waals surface area contributed by atoms with Gasteiger partial charge >= 0.3 is 0 Å². The largest absolute Gasteiger partial charge is 0.381 e. The van der Waals surface area contributed by atoms with Crippen molar-refractivity contribution in [3.8, 4) is 0 Å². The molecule has 0 bridgehead atoms. The van der Waals surface area contributed by atoms with Crippen molar-refractivity contribution in [3.05, 3.63) is 46.7 Å². The van der Waals surface area contributed by atoms with Crippen LogP contribution in [0.5, 0.6) is 0 Å². The van der Waals surface area contributed by atoms with E-state index in [0.29, 0.717) is 22.0 Å². The van der Waals surface area contributed by atoms with Gasteiger partial charge in [0.05, 0.1) is 11.4 Å². The van der Waals surface area contributed by atoms with Gasteiger partial charge in [-0.05, 0) is 31.2 Å². The molecule has 1 aromatic heterocycles. The molecule has 7 nitrogen and oxygen atoms in total. The van der Waals surface area contributed by atoms with Crippen molar-refractivity contribution in [2.75, 3.05) is 4.90 Å². The Labute approximate surface area is 142 Å². The molecule has 2 aromatic rings. The van der Waals surface area contributed by atoms with E-state index in [9.17, 15) is 9.59 Å². The van der Waals surface area contributed by atoms with E-state index in [4.69, 9.17) is 16.4 Å². The van der Waals surface area contributed by atoms with Gasteiger partial charge in [0.15, 0.2) is 0 Å². The van der Waals surface area contributed by atoms with Gasteiger partial charge in [-0.3, -0.25) is 14.3 Å². The summed E-state index contributed by atoms with van der Waals surface area (Å²) in [6, 6.07) is 6.52. The van der Waals surface area contributed by atoms with Crippen molar-refractivity contribution < 1.29 is 14.4 Å². The number of amides is 2. The summed E-state index contributed by atoms with van der Waals surface area (Å²) in [7, 11) is 1.78. The summed E-state index contributed by atoms with van der Waals surface area (Å²) in [5, 5.41) is 8.77. The van der Waals surface area contributed by atoms with Crippen LogP contribution in [0.4, 0.5) is 5.69 Å². The summed E-state index contributed by atoms with van der Waals surface area (Å²) >= 11 is 5.87. The van der Waals surface area contributed by atoms with Crippen LogP contribution >= 0.6 is 11.6 Å². The van der Waals surface area contributed by atoms with Gasteiger partial charge in [0.2, 0.25) is 12.0 Å². The van der Waals surface area contributed by atoms with E-state index in [1.807, 2.05) is 6.92 Å². The Balaban J connectivity index is 1.72. The zero-order chi connectivity index (χ0) is 17.0. The highest BCUT2D eigenvalue weighted by Gasteiger charge is 2.56. The average Bonchev–Trinajstić information content (AvgIpc) is 3.17. The molecule has 1 saturated heterocycles. The van der Waals surface area contributed by atoms with E-state index >= 15 is 0 Å². The Bertz CT molecular complexity index is 887. The molecule has 0 N–H and O–H groups in total. The Morgan fingerprint density at radius 3 is 2.50 bits per heavy atom. The van der Waals surface area contributed by atoms with Gasteiger partial charge in [-0.2, -0.15) is 5.10 Å². The minimum absolute atomic E-state index is 0.355. The maximum absolute atomic E-state index is 12.9. The van der Waals surface area contributed by atoms with Crippen LogP contribution in [0, 0.1) is 12.8 Å². The average molecular weight is 345 g/mol. The number of rotatable bonds is 2. The van der Waals surface area contributed by atoms with Crippen molar-refractivity contribution in [2.24, 2.45) is 18.1 Å². The second kappa shape index (κ2) is 5.17. The number of halogens is 1. The molecule has 2 aliphatic heterocycles. The van der Waals surface area contributed by atoms with Gasteiger partial charge in [0, 0.05) is 23.8 Å². The quantitative estimate of drug-likeness (QED) is 0.777. The number of imide groups is 1. The SMILES string of the molecule is Cc1nn(C)cc1C1=NO[C@H]2C(=O)N(c3ccc(Cl)cc3)C(=O)[C@@H]12. The molecular weight excluding hydrogens is 332 g/mol. The predicted octanol–water partition coefficient (Wildman–Crippen LogP) is 1.67. The summed E-state index contributed by atoms with van der Waals surface area (Å²) in [5.41, 5.74) is 2.35. The van der Waals surface area contributed by atoms with E-state index in [2.05, 4.69) is 10.3 Å². The molecular formula is C16H13ClN4O3. The smallest absolute Gasteiger partial charge is 0.278 e. The lowest BCUT2D eigenvalue weighted by atomic mass is 9.94. The predicted molar refractivity (Wildman–Crippen MR) is 86.8 cm³/mol. The minimum atomic E-state index is -0.928. The summed E-state index contributed by atoms with van der Waals surface area (Å²) in [6.07, 6.45) is 0.839. The maximum Gasteiger partial charge on any atom is 0.278 e. The van der Waals surface area contributed by atoms with E-state index in [0.717, 1.165) is 10.6 Å². The van der Waals surface area contributed by atoms with Gasteiger partial charge in [-0.25, -0.2) is 4.90 Å². The first-order chi connectivity index (χ1) is 11.5. The molecule has 3 heterocycles. The second-order valence-electron chi connectivity index (χ2n) is 5.77. The maximum atomic E-state index is 12.9. The van der Waals surface area contributed by atoms with Gasteiger partial charge in [-0.1, -0.05) is 16.8 Å². The summed E-state index contributed by atoms with van der Waals surface area (Å²) in [4.78, 5) is 31.9. The third-order valence-corrected chi connectivity index (χ3v) is 4.44. The zero-order valence-electron chi connectivity index (χ0n) is 12.9. The monoisotopic (exact) mass is 344 g/mol. The molecule has 2 amide bonds. The minimum Gasteiger partial charge on any atom is -0.381 e. The van der Waals surface area contributed by atoms with Crippen LogP contribution in [0.25, 0.3) is 0 Å². The molecule has 0 spiro atoms. The molecule has 0 unspecified atom stereocenters. The fourth-order valence-corrected chi connectivity index (χ4v) is 3.22. The Kier molecular flexibility index (Phi) is 3.21. The Morgan fingerprint density at radius 1 is 1.17 bits per heavy atom. The van der Waals surface area contributed by atoms with E-state index in [1.54, 1.807) is 42.2 Å². The van der Waals surface area contributed by atoms with Crippen LogP contribution in [0.1, 0.15) is 11.3 Å². The number of benzene rings is 1. The van der Waals surface area contributed by atoms with Crippen molar-refractivity contribution in [2.45, 2.75) is 13.0 Å². The van der Waals surface area contributed by atoms with Gasteiger partial charge < -0.3 is 4.84 Å². The fraction of sp³-hybridized carbons (Fsp3) is 0.250. The van der Waals surface area contributed by atoms with Crippen molar-refractivity contribution in [1.29, 1.82) is 0 Å². The van der Waals surface area contributed by atoms with Crippen molar-refractivity contribution in [3.63, 3.8) is 0 Å². The summed E-state index contributed by atoms with van der Waals surface area (Å²) < 4.78 is 1.64. The second-order valence-corrected chi connectivity index (χ2v) is 6.21. The normalized spacial score (nSPS) is 22.6. The van der Waals surface area contributed by atoms with E-state index in [-0.39, 0.29) is 5.91 Å². The van der Waals surface area contributed by atoms with Crippen LogP contribution in [0.15, 0.2) is 35.6 Å².